The zero-order valence-corrected chi connectivity index (χ0v) is 15.3. The minimum absolute atomic E-state index is 0.459. The maximum Gasteiger partial charge on any atom is 0.0648 e. The first-order valence-corrected chi connectivity index (χ1v) is 8.86. The minimum Gasteiger partial charge on any atom is -0.381 e. The number of hydrogen-bond donors (Lipinski definition) is 1. The number of benzene rings is 2. The molecule has 4 heteroatoms. The lowest BCUT2D eigenvalue weighted by Gasteiger charge is -2.27. The van der Waals surface area contributed by atoms with Crippen LogP contribution in [-0.2, 0) is 12.8 Å². The average Bonchev–Trinajstić information content (AvgIpc) is 2.42. The summed E-state index contributed by atoms with van der Waals surface area (Å²) < 4.78 is 2.33. The summed E-state index contributed by atoms with van der Waals surface area (Å²) >= 11 is 12.1. The van der Waals surface area contributed by atoms with Crippen molar-refractivity contribution in [1.82, 2.24) is 0 Å². The molecule has 0 saturated carbocycles. The highest BCUT2D eigenvalue weighted by molar-refractivity contribution is 14.1. The summed E-state index contributed by atoms with van der Waals surface area (Å²) in [4.78, 5) is 0. The van der Waals surface area contributed by atoms with Crippen molar-refractivity contribution in [3.05, 3.63) is 60.6 Å². The van der Waals surface area contributed by atoms with E-state index in [2.05, 4.69) is 74.2 Å². The second-order valence-corrected chi connectivity index (χ2v) is 7.69. The fourth-order valence-electron chi connectivity index (χ4n) is 2.67. The van der Waals surface area contributed by atoms with E-state index >= 15 is 0 Å². The van der Waals surface area contributed by atoms with Crippen LogP contribution in [0.1, 0.15) is 17.5 Å². The predicted octanol–water partition coefficient (Wildman–Crippen LogP) is 5.68. The highest BCUT2D eigenvalue weighted by Crippen LogP contribution is 2.29. The molecule has 1 N–H and O–H groups in total. The molecular formula is C16H14BrClIN. The molecule has 3 rings (SSSR count). The Balaban J connectivity index is 1.75. The zero-order valence-electron chi connectivity index (χ0n) is 10.8. The van der Waals surface area contributed by atoms with Crippen LogP contribution in [0.25, 0.3) is 0 Å². The first-order chi connectivity index (χ1) is 9.61. The highest BCUT2D eigenvalue weighted by atomic mass is 127. The molecule has 1 atom stereocenters. The molecule has 1 nitrogen and oxygen atoms in total. The largest absolute Gasteiger partial charge is 0.381 e. The van der Waals surface area contributed by atoms with Crippen molar-refractivity contribution in [3.8, 4) is 0 Å². The maximum absolute atomic E-state index is 6.30. The fourth-order valence-corrected chi connectivity index (χ4v) is 3.99. The van der Waals surface area contributed by atoms with Gasteiger partial charge in [0.2, 0.25) is 0 Å². The van der Waals surface area contributed by atoms with E-state index in [1.54, 1.807) is 0 Å². The molecule has 0 amide bonds. The molecule has 0 saturated heterocycles. The van der Waals surface area contributed by atoms with Crippen molar-refractivity contribution in [3.63, 3.8) is 0 Å². The van der Waals surface area contributed by atoms with E-state index < -0.39 is 0 Å². The summed E-state index contributed by atoms with van der Waals surface area (Å²) in [5, 5.41) is 4.39. The lowest BCUT2D eigenvalue weighted by molar-refractivity contribution is 0.610. The monoisotopic (exact) mass is 461 g/mol. The summed E-state index contributed by atoms with van der Waals surface area (Å²) in [5.74, 6) is 0. The van der Waals surface area contributed by atoms with Gasteiger partial charge in [-0.05, 0) is 83.3 Å². The van der Waals surface area contributed by atoms with Crippen LogP contribution in [0.15, 0.2) is 40.9 Å². The third-order valence-corrected chi connectivity index (χ3v) is 5.16. The molecule has 0 aromatic heterocycles. The quantitative estimate of drug-likeness (QED) is 0.567. The second kappa shape index (κ2) is 6.24. The Labute approximate surface area is 146 Å². The van der Waals surface area contributed by atoms with Crippen molar-refractivity contribution in [2.45, 2.75) is 25.3 Å². The van der Waals surface area contributed by atoms with Crippen LogP contribution >= 0.6 is 50.1 Å². The van der Waals surface area contributed by atoms with Gasteiger partial charge in [0.1, 0.15) is 0 Å². The highest BCUT2D eigenvalue weighted by Gasteiger charge is 2.19. The average molecular weight is 463 g/mol. The number of aryl methyl sites for hydroxylation is 1. The predicted molar refractivity (Wildman–Crippen MR) is 97.7 cm³/mol. The molecule has 0 spiro atoms. The van der Waals surface area contributed by atoms with Crippen molar-refractivity contribution in [2.75, 3.05) is 5.32 Å². The van der Waals surface area contributed by atoms with Crippen LogP contribution in [0.5, 0.6) is 0 Å². The van der Waals surface area contributed by atoms with Crippen LogP contribution in [-0.4, -0.2) is 6.04 Å². The van der Waals surface area contributed by atoms with Gasteiger partial charge in [0.25, 0.3) is 0 Å². The molecule has 1 unspecified atom stereocenters. The van der Waals surface area contributed by atoms with Gasteiger partial charge in [-0.25, -0.2) is 0 Å². The minimum atomic E-state index is 0.459. The molecule has 104 valence electrons. The molecule has 20 heavy (non-hydrogen) atoms. The number of nitrogens with one attached hydrogen (secondary N) is 1. The number of anilines is 1. The molecule has 2 aromatic carbocycles. The Morgan fingerprint density at radius 2 is 2.00 bits per heavy atom. The van der Waals surface area contributed by atoms with E-state index in [4.69, 9.17) is 11.6 Å². The Morgan fingerprint density at radius 3 is 2.80 bits per heavy atom. The Kier molecular flexibility index (Phi) is 4.58. The molecule has 0 radical (unpaired) electrons. The van der Waals surface area contributed by atoms with Crippen LogP contribution < -0.4 is 5.32 Å². The second-order valence-electron chi connectivity index (χ2n) is 5.12. The van der Waals surface area contributed by atoms with Gasteiger partial charge in [-0.15, -0.1) is 0 Å². The molecule has 0 fully saturated rings. The number of hydrogen-bond acceptors (Lipinski definition) is 1. The first-order valence-electron chi connectivity index (χ1n) is 6.61. The van der Waals surface area contributed by atoms with E-state index in [9.17, 15) is 0 Å². The van der Waals surface area contributed by atoms with Crippen molar-refractivity contribution in [2.24, 2.45) is 0 Å². The van der Waals surface area contributed by atoms with Gasteiger partial charge in [0.05, 0.1) is 10.7 Å². The van der Waals surface area contributed by atoms with E-state index in [0.717, 1.165) is 33.5 Å². The molecule has 0 heterocycles. The topological polar surface area (TPSA) is 12.0 Å². The maximum atomic E-state index is 6.30. The van der Waals surface area contributed by atoms with Gasteiger partial charge in [0, 0.05) is 14.1 Å². The third-order valence-electron chi connectivity index (χ3n) is 3.69. The van der Waals surface area contributed by atoms with E-state index in [1.165, 1.54) is 15.6 Å². The Hall–Kier alpha value is -0.260. The SMILES string of the molecule is Clc1cc(I)ccc1NC1CCc2cc(Br)ccc2C1. The smallest absolute Gasteiger partial charge is 0.0648 e. The van der Waals surface area contributed by atoms with Gasteiger partial charge >= 0.3 is 0 Å². The standard InChI is InChI=1S/C16H14BrClIN/c17-12-3-1-11-8-14(5-2-10(11)7-12)20-16-6-4-13(19)9-15(16)18/h1,3-4,6-7,9,14,20H,2,5,8H2. The summed E-state index contributed by atoms with van der Waals surface area (Å²) in [6, 6.07) is 13.2. The summed E-state index contributed by atoms with van der Waals surface area (Å²) in [7, 11) is 0. The fraction of sp³-hybridized carbons (Fsp3) is 0.250. The van der Waals surface area contributed by atoms with E-state index in [1.807, 2.05) is 6.07 Å². The number of halogens is 3. The lowest BCUT2D eigenvalue weighted by Crippen LogP contribution is -2.27. The van der Waals surface area contributed by atoms with Crippen LogP contribution in [0.3, 0.4) is 0 Å². The molecule has 2 aromatic rings. The van der Waals surface area contributed by atoms with Crippen molar-refractivity contribution in [1.29, 1.82) is 0 Å². The van der Waals surface area contributed by atoms with E-state index in [0.29, 0.717) is 6.04 Å². The van der Waals surface area contributed by atoms with Crippen LogP contribution in [0.2, 0.25) is 5.02 Å². The van der Waals surface area contributed by atoms with Crippen LogP contribution in [0.4, 0.5) is 5.69 Å². The molecule has 0 aliphatic heterocycles. The van der Waals surface area contributed by atoms with Gasteiger partial charge in [-0.2, -0.15) is 0 Å². The van der Waals surface area contributed by atoms with Gasteiger partial charge in [-0.1, -0.05) is 33.6 Å². The third kappa shape index (κ3) is 3.31. The zero-order chi connectivity index (χ0) is 14.1. The number of fused-ring (bicyclic) bond motifs is 1. The lowest BCUT2D eigenvalue weighted by atomic mass is 9.88. The normalized spacial score (nSPS) is 17.6. The first kappa shape index (κ1) is 14.7. The molecular weight excluding hydrogens is 448 g/mol. The van der Waals surface area contributed by atoms with E-state index in [-0.39, 0.29) is 0 Å². The van der Waals surface area contributed by atoms with Gasteiger partial charge < -0.3 is 5.32 Å². The van der Waals surface area contributed by atoms with Gasteiger partial charge in [0.15, 0.2) is 0 Å². The molecule has 1 aliphatic carbocycles. The van der Waals surface area contributed by atoms with Crippen molar-refractivity contribution < 1.29 is 0 Å². The summed E-state index contributed by atoms with van der Waals surface area (Å²) in [6.07, 6.45) is 3.32. The Bertz CT molecular complexity index is 644. The summed E-state index contributed by atoms with van der Waals surface area (Å²) in [6.45, 7) is 0. The summed E-state index contributed by atoms with van der Waals surface area (Å²) in [5.41, 5.74) is 3.95. The van der Waals surface area contributed by atoms with Crippen molar-refractivity contribution >= 4 is 55.8 Å². The Morgan fingerprint density at radius 1 is 1.15 bits per heavy atom. The number of rotatable bonds is 2. The molecule has 1 aliphatic rings. The van der Waals surface area contributed by atoms with Crippen LogP contribution in [0, 0.1) is 3.57 Å². The van der Waals surface area contributed by atoms with Gasteiger partial charge in [-0.3, -0.25) is 0 Å². The molecule has 0 bridgehead atoms.